The van der Waals surface area contributed by atoms with Crippen molar-refractivity contribution in [3.05, 3.63) is 48.0 Å². The summed E-state index contributed by atoms with van der Waals surface area (Å²) >= 11 is 0. The molecule has 96 valence electrons. The molecule has 2 rings (SSSR count). The Morgan fingerprint density at radius 2 is 1.72 bits per heavy atom. The number of aliphatic hydroxyl groups is 1. The smallest absolute Gasteiger partial charge is 0.0832 e. The molecular weight excluding hydrogens is 222 g/mol. The van der Waals surface area contributed by atoms with E-state index < -0.39 is 6.10 Å². The second-order valence-electron chi connectivity index (χ2n) is 5.19. The number of fused-ring (bicyclic) bond motifs is 1. The van der Waals surface area contributed by atoms with E-state index in [9.17, 15) is 5.11 Å². The van der Waals surface area contributed by atoms with Crippen molar-refractivity contribution >= 4 is 10.8 Å². The first-order valence-electron chi connectivity index (χ1n) is 6.50. The highest BCUT2D eigenvalue weighted by molar-refractivity contribution is 5.83. The first-order chi connectivity index (χ1) is 8.63. The average molecular weight is 243 g/mol. The number of hydrogen-bond acceptors (Lipinski definition) is 2. The number of benzene rings is 2. The fourth-order valence-electron chi connectivity index (χ4n) is 2.40. The van der Waals surface area contributed by atoms with E-state index >= 15 is 0 Å². The van der Waals surface area contributed by atoms with Crippen LogP contribution in [0.1, 0.15) is 25.5 Å². The third kappa shape index (κ3) is 2.55. The van der Waals surface area contributed by atoms with E-state index in [1.165, 1.54) is 5.39 Å². The van der Waals surface area contributed by atoms with Gasteiger partial charge in [0.1, 0.15) is 0 Å². The molecule has 2 atom stereocenters. The normalized spacial score (nSPS) is 14.9. The molecule has 3 N–H and O–H groups in total. The topological polar surface area (TPSA) is 46.2 Å². The second-order valence-corrected chi connectivity index (χ2v) is 5.19. The van der Waals surface area contributed by atoms with Gasteiger partial charge in [0.15, 0.2) is 0 Å². The molecular formula is C16H21NO. The fraction of sp³-hybridized carbons (Fsp3) is 0.375. The summed E-state index contributed by atoms with van der Waals surface area (Å²) in [6, 6.07) is 14.3. The van der Waals surface area contributed by atoms with Crippen molar-refractivity contribution in [3.8, 4) is 0 Å². The highest BCUT2D eigenvalue weighted by atomic mass is 16.3. The Hall–Kier alpha value is -1.38. The van der Waals surface area contributed by atoms with Gasteiger partial charge in [0.2, 0.25) is 0 Å². The summed E-state index contributed by atoms with van der Waals surface area (Å²) < 4.78 is 0. The van der Waals surface area contributed by atoms with Crippen LogP contribution in [0.2, 0.25) is 0 Å². The Morgan fingerprint density at radius 1 is 1.06 bits per heavy atom. The number of hydrogen-bond donors (Lipinski definition) is 2. The van der Waals surface area contributed by atoms with Crippen LogP contribution in [0.15, 0.2) is 42.5 Å². The van der Waals surface area contributed by atoms with Crippen LogP contribution in [0.5, 0.6) is 0 Å². The predicted molar refractivity (Wildman–Crippen MR) is 76.3 cm³/mol. The zero-order valence-electron chi connectivity index (χ0n) is 11.0. The summed E-state index contributed by atoms with van der Waals surface area (Å²) in [4.78, 5) is 0. The van der Waals surface area contributed by atoms with E-state index in [2.05, 4.69) is 38.1 Å². The van der Waals surface area contributed by atoms with Gasteiger partial charge in [-0.3, -0.25) is 0 Å². The van der Waals surface area contributed by atoms with Crippen molar-refractivity contribution in [2.45, 2.75) is 20.0 Å². The maximum absolute atomic E-state index is 10.4. The van der Waals surface area contributed by atoms with E-state index in [1.807, 2.05) is 18.2 Å². The van der Waals surface area contributed by atoms with Gasteiger partial charge in [0, 0.05) is 5.92 Å². The zero-order chi connectivity index (χ0) is 13.1. The first kappa shape index (κ1) is 13.1. The van der Waals surface area contributed by atoms with E-state index in [1.54, 1.807) is 0 Å². The van der Waals surface area contributed by atoms with Crippen molar-refractivity contribution in [2.75, 3.05) is 6.54 Å². The molecule has 2 unspecified atom stereocenters. The SMILES string of the molecule is CC(C)C(CN)C(O)c1ccc2ccccc2c1. The van der Waals surface area contributed by atoms with Gasteiger partial charge >= 0.3 is 0 Å². The average Bonchev–Trinajstić information content (AvgIpc) is 2.38. The molecule has 0 bridgehead atoms. The zero-order valence-corrected chi connectivity index (χ0v) is 11.0. The summed E-state index contributed by atoms with van der Waals surface area (Å²) in [5.41, 5.74) is 6.72. The Morgan fingerprint density at radius 3 is 2.33 bits per heavy atom. The number of nitrogens with two attached hydrogens (primary N) is 1. The van der Waals surface area contributed by atoms with Crippen molar-refractivity contribution in [2.24, 2.45) is 17.6 Å². The molecule has 2 heteroatoms. The third-order valence-electron chi connectivity index (χ3n) is 3.65. The molecule has 0 aliphatic carbocycles. The van der Waals surface area contributed by atoms with Crippen molar-refractivity contribution in [1.82, 2.24) is 0 Å². The quantitative estimate of drug-likeness (QED) is 0.866. The molecule has 0 amide bonds. The van der Waals surface area contributed by atoms with Gasteiger partial charge in [-0.2, -0.15) is 0 Å². The predicted octanol–water partition coefficient (Wildman–Crippen LogP) is 3.10. The van der Waals surface area contributed by atoms with Crippen LogP contribution in [0.4, 0.5) is 0 Å². The molecule has 0 aromatic heterocycles. The largest absolute Gasteiger partial charge is 0.388 e. The van der Waals surface area contributed by atoms with E-state index in [0.29, 0.717) is 12.5 Å². The lowest BCUT2D eigenvalue weighted by atomic mass is 9.86. The standard InChI is InChI=1S/C16H21NO/c1-11(2)15(10-17)16(18)14-8-7-12-5-3-4-6-13(12)9-14/h3-9,11,15-16,18H,10,17H2,1-2H3. The molecule has 2 nitrogen and oxygen atoms in total. The van der Waals surface area contributed by atoms with Crippen molar-refractivity contribution < 1.29 is 5.11 Å². The summed E-state index contributed by atoms with van der Waals surface area (Å²) in [5.74, 6) is 0.475. The maximum atomic E-state index is 10.4. The van der Waals surface area contributed by atoms with Gasteiger partial charge in [0.05, 0.1) is 6.10 Å². The second kappa shape index (κ2) is 5.51. The molecule has 0 saturated carbocycles. The van der Waals surface area contributed by atoms with Gasteiger partial charge in [-0.05, 0) is 34.9 Å². The molecule has 18 heavy (non-hydrogen) atoms. The van der Waals surface area contributed by atoms with Crippen LogP contribution in [-0.4, -0.2) is 11.7 Å². The minimum absolute atomic E-state index is 0.103. The van der Waals surface area contributed by atoms with Gasteiger partial charge in [-0.15, -0.1) is 0 Å². The molecule has 0 aliphatic heterocycles. The number of aliphatic hydroxyl groups excluding tert-OH is 1. The molecule has 0 heterocycles. The molecule has 0 radical (unpaired) electrons. The molecule has 0 spiro atoms. The highest BCUT2D eigenvalue weighted by Crippen LogP contribution is 2.29. The van der Waals surface area contributed by atoms with Crippen LogP contribution < -0.4 is 5.73 Å². The summed E-state index contributed by atoms with van der Waals surface area (Å²) in [5, 5.41) is 12.8. The van der Waals surface area contributed by atoms with E-state index in [0.717, 1.165) is 10.9 Å². The Labute approximate surface area is 108 Å². The van der Waals surface area contributed by atoms with Gasteiger partial charge in [-0.25, -0.2) is 0 Å². The summed E-state index contributed by atoms with van der Waals surface area (Å²) in [6.45, 7) is 4.70. The first-order valence-corrected chi connectivity index (χ1v) is 6.50. The molecule has 2 aromatic carbocycles. The van der Waals surface area contributed by atoms with Crippen LogP contribution >= 0.6 is 0 Å². The molecule has 0 saturated heterocycles. The Balaban J connectivity index is 2.35. The highest BCUT2D eigenvalue weighted by Gasteiger charge is 2.22. The third-order valence-corrected chi connectivity index (χ3v) is 3.65. The Bertz CT molecular complexity index is 521. The lowest BCUT2D eigenvalue weighted by molar-refractivity contribution is 0.0862. The van der Waals surface area contributed by atoms with Crippen LogP contribution in [-0.2, 0) is 0 Å². The van der Waals surface area contributed by atoms with E-state index in [4.69, 9.17) is 5.73 Å². The van der Waals surface area contributed by atoms with Gasteiger partial charge in [0.25, 0.3) is 0 Å². The Kier molecular flexibility index (Phi) is 4.00. The molecule has 2 aromatic rings. The van der Waals surface area contributed by atoms with Crippen LogP contribution in [0.3, 0.4) is 0 Å². The minimum Gasteiger partial charge on any atom is -0.388 e. The minimum atomic E-state index is -0.486. The molecule has 0 aliphatic rings. The van der Waals surface area contributed by atoms with Crippen LogP contribution in [0.25, 0.3) is 10.8 Å². The van der Waals surface area contributed by atoms with Crippen LogP contribution in [0, 0.1) is 11.8 Å². The summed E-state index contributed by atoms with van der Waals surface area (Å²) in [7, 11) is 0. The van der Waals surface area contributed by atoms with Crippen molar-refractivity contribution in [1.29, 1.82) is 0 Å². The number of rotatable bonds is 4. The van der Waals surface area contributed by atoms with Gasteiger partial charge < -0.3 is 10.8 Å². The fourth-order valence-corrected chi connectivity index (χ4v) is 2.40. The van der Waals surface area contributed by atoms with Crippen molar-refractivity contribution in [3.63, 3.8) is 0 Å². The lowest BCUT2D eigenvalue weighted by Crippen LogP contribution is -2.26. The lowest BCUT2D eigenvalue weighted by Gasteiger charge is -2.25. The van der Waals surface area contributed by atoms with E-state index in [-0.39, 0.29) is 5.92 Å². The van der Waals surface area contributed by atoms with Gasteiger partial charge in [-0.1, -0.05) is 50.2 Å². The maximum Gasteiger partial charge on any atom is 0.0832 e. The molecule has 0 fully saturated rings. The summed E-state index contributed by atoms with van der Waals surface area (Å²) in [6.07, 6.45) is -0.486. The monoisotopic (exact) mass is 243 g/mol.